The molecule has 1 aromatic heterocycles. The molecule has 0 fully saturated rings. The molecule has 0 saturated heterocycles. The summed E-state index contributed by atoms with van der Waals surface area (Å²) in [5.41, 5.74) is 1.44. The largest absolute Gasteiger partial charge is 0.411 e. The number of benzene rings is 2. The summed E-state index contributed by atoms with van der Waals surface area (Å²) >= 11 is 13.4. The number of halogens is 2. The molecule has 3 aromatic rings. The first kappa shape index (κ1) is 22.1. The number of nitrogens with zero attached hydrogens (tertiary/aromatic N) is 3. The lowest BCUT2D eigenvalue weighted by Gasteiger charge is -2.18. The van der Waals surface area contributed by atoms with Crippen LogP contribution in [0.25, 0.3) is 11.5 Å². The molecule has 0 spiro atoms. The van der Waals surface area contributed by atoms with Crippen LogP contribution in [0.4, 0.5) is 0 Å². The monoisotopic (exact) mass is 471 g/mol. The molecule has 10 heteroatoms. The molecule has 0 atom stereocenters. The van der Waals surface area contributed by atoms with Gasteiger partial charge in [-0.3, -0.25) is 0 Å². The number of hydrogen-bond acceptors (Lipinski definition) is 6. The van der Waals surface area contributed by atoms with Gasteiger partial charge in [-0.2, -0.15) is 4.31 Å². The highest BCUT2D eigenvalue weighted by Gasteiger charge is 2.22. The lowest BCUT2D eigenvalue weighted by molar-refractivity contribution is 0.445. The molecule has 0 saturated carbocycles. The summed E-state index contributed by atoms with van der Waals surface area (Å²) < 4.78 is 32.6. The Kier molecular flexibility index (Phi) is 7.23. The Balaban J connectivity index is 1.78. The van der Waals surface area contributed by atoms with Crippen LogP contribution in [0.3, 0.4) is 0 Å². The Bertz CT molecular complexity index is 1100. The molecule has 6 nitrogen and oxygen atoms in total. The van der Waals surface area contributed by atoms with Crippen LogP contribution in [0.15, 0.2) is 57.0 Å². The van der Waals surface area contributed by atoms with Crippen molar-refractivity contribution >= 4 is 45.0 Å². The van der Waals surface area contributed by atoms with Gasteiger partial charge in [0, 0.05) is 34.5 Å². The summed E-state index contributed by atoms with van der Waals surface area (Å²) in [7, 11) is -3.57. The lowest BCUT2D eigenvalue weighted by atomic mass is 10.2. The van der Waals surface area contributed by atoms with Crippen LogP contribution in [0.2, 0.25) is 10.0 Å². The minimum atomic E-state index is -3.57. The summed E-state index contributed by atoms with van der Waals surface area (Å²) in [6.07, 6.45) is 0. The highest BCUT2D eigenvalue weighted by atomic mass is 35.5. The Labute approximate surface area is 184 Å². The standard InChI is InChI=1S/C19H19Cl2N3O3S2/c1-3-24(4-2)29(25,26)16-7-5-6-13(10-16)18-22-23-19(27-18)28-12-14-8-9-15(20)11-17(14)21/h5-11H,3-4,12H2,1-2H3. The zero-order valence-corrected chi connectivity index (χ0v) is 18.9. The second-order valence-corrected chi connectivity index (χ2v) is 9.72. The maximum absolute atomic E-state index is 12.7. The van der Waals surface area contributed by atoms with E-state index in [2.05, 4.69) is 10.2 Å². The SMILES string of the molecule is CCN(CC)S(=O)(=O)c1cccc(-c2nnc(SCc3ccc(Cl)cc3Cl)o2)c1. The Morgan fingerprint density at radius 1 is 1.07 bits per heavy atom. The highest BCUT2D eigenvalue weighted by Crippen LogP contribution is 2.30. The van der Waals surface area contributed by atoms with E-state index in [-0.39, 0.29) is 10.8 Å². The van der Waals surface area contributed by atoms with Gasteiger partial charge in [0.1, 0.15) is 0 Å². The molecule has 0 unspecified atom stereocenters. The highest BCUT2D eigenvalue weighted by molar-refractivity contribution is 7.98. The van der Waals surface area contributed by atoms with Crippen molar-refractivity contribution in [3.63, 3.8) is 0 Å². The summed E-state index contributed by atoms with van der Waals surface area (Å²) in [4.78, 5) is 0.194. The Morgan fingerprint density at radius 2 is 1.83 bits per heavy atom. The summed E-state index contributed by atoms with van der Waals surface area (Å²) in [6.45, 7) is 4.41. The van der Waals surface area contributed by atoms with Crippen LogP contribution >= 0.6 is 35.0 Å². The molecule has 29 heavy (non-hydrogen) atoms. The first-order valence-electron chi connectivity index (χ1n) is 8.86. The van der Waals surface area contributed by atoms with Crippen molar-refractivity contribution in [3.05, 3.63) is 58.1 Å². The summed E-state index contributed by atoms with van der Waals surface area (Å²) in [5, 5.41) is 9.58. The van der Waals surface area contributed by atoms with Gasteiger partial charge in [-0.05, 0) is 35.9 Å². The predicted octanol–water partition coefficient (Wildman–Crippen LogP) is 5.37. The molecule has 0 N–H and O–H groups in total. The van der Waals surface area contributed by atoms with Crippen LogP contribution in [0.5, 0.6) is 0 Å². The second kappa shape index (κ2) is 9.49. The second-order valence-electron chi connectivity index (χ2n) is 6.01. The molecule has 0 radical (unpaired) electrons. The normalized spacial score (nSPS) is 11.9. The molecule has 2 aromatic carbocycles. The van der Waals surface area contributed by atoms with E-state index in [1.54, 1.807) is 50.2 Å². The molecule has 0 amide bonds. The van der Waals surface area contributed by atoms with Crippen molar-refractivity contribution in [2.24, 2.45) is 0 Å². The van der Waals surface area contributed by atoms with E-state index < -0.39 is 10.0 Å². The van der Waals surface area contributed by atoms with Crippen LogP contribution in [-0.4, -0.2) is 36.0 Å². The average molecular weight is 472 g/mol. The third-order valence-electron chi connectivity index (χ3n) is 4.20. The van der Waals surface area contributed by atoms with Gasteiger partial charge in [-0.1, -0.05) is 60.9 Å². The van der Waals surface area contributed by atoms with E-state index in [9.17, 15) is 8.42 Å². The molecule has 0 aliphatic carbocycles. The quantitative estimate of drug-likeness (QED) is 0.411. The predicted molar refractivity (Wildman–Crippen MR) is 116 cm³/mol. The van der Waals surface area contributed by atoms with E-state index >= 15 is 0 Å². The van der Waals surface area contributed by atoms with Gasteiger partial charge < -0.3 is 4.42 Å². The van der Waals surface area contributed by atoms with Crippen molar-refractivity contribution < 1.29 is 12.8 Å². The molecular formula is C19H19Cl2N3O3S2. The van der Waals surface area contributed by atoms with Gasteiger partial charge >= 0.3 is 0 Å². The van der Waals surface area contributed by atoms with E-state index in [1.807, 2.05) is 6.07 Å². The molecule has 3 rings (SSSR count). The van der Waals surface area contributed by atoms with Gasteiger partial charge in [0.2, 0.25) is 15.9 Å². The Hall–Kier alpha value is -1.58. The minimum absolute atomic E-state index is 0.194. The van der Waals surface area contributed by atoms with Crippen LogP contribution < -0.4 is 0 Å². The van der Waals surface area contributed by atoms with Crippen LogP contribution in [-0.2, 0) is 15.8 Å². The van der Waals surface area contributed by atoms with Gasteiger partial charge in [0.05, 0.1) is 4.90 Å². The third-order valence-corrected chi connectivity index (χ3v) is 7.70. The number of thioether (sulfide) groups is 1. The fourth-order valence-electron chi connectivity index (χ4n) is 2.67. The molecule has 154 valence electrons. The molecule has 0 bridgehead atoms. The smallest absolute Gasteiger partial charge is 0.277 e. The molecule has 1 heterocycles. The van der Waals surface area contributed by atoms with Gasteiger partial charge in [-0.25, -0.2) is 8.42 Å². The first-order valence-corrected chi connectivity index (χ1v) is 12.0. The van der Waals surface area contributed by atoms with Crippen LogP contribution in [0, 0.1) is 0 Å². The van der Waals surface area contributed by atoms with Crippen molar-refractivity contribution in [2.45, 2.75) is 29.7 Å². The van der Waals surface area contributed by atoms with E-state index in [0.29, 0.717) is 39.7 Å². The zero-order chi connectivity index (χ0) is 21.0. The lowest BCUT2D eigenvalue weighted by Crippen LogP contribution is -2.30. The summed E-state index contributed by atoms with van der Waals surface area (Å²) in [5.74, 6) is 0.792. The van der Waals surface area contributed by atoms with Crippen molar-refractivity contribution in [1.29, 1.82) is 0 Å². The van der Waals surface area contributed by atoms with Crippen molar-refractivity contribution in [3.8, 4) is 11.5 Å². The van der Waals surface area contributed by atoms with Gasteiger partial charge in [0.25, 0.3) is 5.22 Å². The average Bonchev–Trinajstić information content (AvgIpc) is 3.17. The van der Waals surface area contributed by atoms with Crippen molar-refractivity contribution in [2.75, 3.05) is 13.1 Å². The molecular weight excluding hydrogens is 453 g/mol. The van der Waals surface area contributed by atoms with Crippen LogP contribution in [0.1, 0.15) is 19.4 Å². The third kappa shape index (κ3) is 5.13. The van der Waals surface area contributed by atoms with E-state index in [0.717, 1.165) is 5.56 Å². The minimum Gasteiger partial charge on any atom is -0.411 e. The van der Waals surface area contributed by atoms with Gasteiger partial charge in [-0.15, -0.1) is 10.2 Å². The summed E-state index contributed by atoms with van der Waals surface area (Å²) in [6, 6.07) is 11.8. The fraction of sp³-hybridized carbons (Fsp3) is 0.263. The van der Waals surface area contributed by atoms with E-state index in [1.165, 1.54) is 16.1 Å². The fourth-order valence-corrected chi connectivity index (χ4v) is 5.49. The molecule has 0 aliphatic rings. The Morgan fingerprint density at radius 3 is 2.52 bits per heavy atom. The number of aromatic nitrogens is 2. The maximum Gasteiger partial charge on any atom is 0.277 e. The zero-order valence-electron chi connectivity index (χ0n) is 15.8. The molecule has 0 aliphatic heterocycles. The van der Waals surface area contributed by atoms with E-state index in [4.69, 9.17) is 27.6 Å². The number of sulfonamides is 1. The maximum atomic E-state index is 12.7. The van der Waals surface area contributed by atoms with Gasteiger partial charge in [0.15, 0.2) is 0 Å². The number of hydrogen-bond donors (Lipinski definition) is 0. The topological polar surface area (TPSA) is 76.3 Å². The van der Waals surface area contributed by atoms with Crippen molar-refractivity contribution in [1.82, 2.24) is 14.5 Å². The number of rotatable bonds is 8. The first-order chi connectivity index (χ1) is 13.8.